The number of benzene rings is 4. The maximum absolute atomic E-state index is 13.7. The van der Waals surface area contributed by atoms with Crippen LogP contribution in [0.25, 0.3) is 10.8 Å². The van der Waals surface area contributed by atoms with Crippen LogP contribution >= 0.6 is 0 Å². The molecule has 0 bridgehead atoms. The van der Waals surface area contributed by atoms with Crippen molar-refractivity contribution in [3.05, 3.63) is 96.1 Å². The number of rotatable bonds is 9. The Kier molecular flexibility index (Phi) is 7.45. The Hall–Kier alpha value is -4.04. The molecule has 4 rings (SSSR count). The number of hydrogen-bond acceptors (Lipinski definition) is 5. The standard InChI is InChI=1S/C28H28N2O5S/c1-20-11-14-24(15-12-20)36(32,33)30(26-17-23(34-2)13-16-27(26)35-3)19-28(31)29-18-22-9-6-8-21-7-4-5-10-25(21)22/h4-17H,18-19H2,1-3H3,(H,29,31). The lowest BCUT2D eigenvalue weighted by molar-refractivity contribution is -0.119. The molecule has 8 heteroatoms. The lowest BCUT2D eigenvalue weighted by atomic mass is 10.0. The van der Waals surface area contributed by atoms with Crippen molar-refractivity contribution in [1.29, 1.82) is 0 Å². The Labute approximate surface area is 211 Å². The summed E-state index contributed by atoms with van der Waals surface area (Å²) in [4.78, 5) is 13.2. The van der Waals surface area contributed by atoms with Gasteiger partial charge in [-0.25, -0.2) is 8.42 Å². The van der Waals surface area contributed by atoms with Gasteiger partial charge in [0.05, 0.1) is 24.8 Å². The SMILES string of the molecule is COc1ccc(OC)c(N(CC(=O)NCc2cccc3ccccc23)S(=O)(=O)c2ccc(C)cc2)c1. The number of ether oxygens (including phenoxy) is 2. The minimum absolute atomic E-state index is 0.0693. The van der Waals surface area contributed by atoms with E-state index in [2.05, 4.69) is 5.32 Å². The molecule has 1 amide bonds. The number of hydrogen-bond donors (Lipinski definition) is 1. The van der Waals surface area contributed by atoms with E-state index in [0.717, 1.165) is 26.2 Å². The fourth-order valence-electron chi connectivity index (χ4n) is 3.96. The van der Waals surface area contributed by atoms with Gasteiger partial charge in [0.2, 0.25) is 5.91 Å². The van der Waals surface area contributed by atoms with Gasteiger partial charge >= 0.3 is 0 Å². The molecule has 0 aliphatic rings. The van der Waals surface area contributed by atoms with Crippen LogP contribution in [0.15, 0.2) is 89.8 Å². The molecular formula is C28H28N2O5S. The summed E-state index contributed by atoms with van der Waals surface area (Å²) in [7, 11) is -1.17. The number of aryl methyl sites for hydroxylation is 1. The number of methoxy groups -OCH3 is 2. The first-order valence-corrected chi connectivity index (χ1v) is 12.8. The molecule has 0 saturated carbocycles. The Morgan fingerprint density at radius 1 is 0.889 bits per heavy atom. The van der Waals surface area contributed by atoms with E-state index in [0.29, 0.717) is 11.5 Å². The molecule has 0 fully saturated rings. The molecule has 0 aliphatic heterocycles. The van der Waals surface area contributed by atoms with E-state index in [-0.39, 0.29) is 17.1 Å². The van der Waals surface area contributed by atoms with E-state index in [1.54, 1.807) is 30.3 Å². The molecule has 4 aromatic carbocycles. The number of fused-ring (bicyclic) bond motifs is 1. The van der Waals surface area contributed by atoms with Crippen molar-refractivity contribution in [1.82, 2.24) is 5.32 Å². The van der Waals surface area contributed by atoms with Crippen LogP contribution in [0.4, 0.5) is 5.69 Å². The molecule has 0 aliphatic carbocycles. The molecule has 7 nitrogen and oxygen atoms in total. The zero-order chi connectivity index (χ0) is 25.7. The van der Waals surface area contributed by atoms with Crippen molar-refractivity contribution < 1.29 is 22.7 Å². The second kappa shape index (κ2) is 10.7. The highest BCUT2D eigenvalue weighted by Crippen LogP contribution is 2.35. The first kappa shape index (κ1) is 25.1. The fourth-order valence-corrected chi connectivity index (χ4v) is 5.38. The molecule has 0 radical (unpaired) electrons. The minimum atomic E-state index is -4.10. The third kappa shape index (κ3) is 5.28. The van der Waals surface area contributed by atoms with Gasteiger partial charge in [0.1, 0.15) is 18.0 Å². The zero-order valence-electron chi connectivity index (χ0n) is 20.4. The number of nitrogens with zero attached hydrogens (tertiary/aromatic N) is 1. The summed E-state index contributed by atoms with van der Waals surface area (Å²) < 4.78 is 39.3. The summed E-state index contributed by atoms with van der Waals surface area (Å²) in [6.45, 7) is 1.69. The van der Waals surface area contributed by atoms with E-state index >= 15 is 0 Å². The molecular weight excluding hydrogens is 476 g/mol. The number of carbonyl (C=O) groups is 1. The molecule has 4 aromatic rings. The van der Waals surface area contributed by atoms with Gasteiger partial charge in [-0.05, 0) is 47.5 Å². The van der Waals surface area contributed by atoms with Gasteiger partial charge in [0, 0.05) is 12.6 Å². The van der Waals surface area contributed by atoms with Crippen molar-refractivity contribution in [3.8, 4) is 11.5 Å². The van der Waals surface area contributed by atoms with E-state index in [9.17, 15) is 13.2 Å². The van der Waals surface area contributed by atoms with E-state index in [1.807, 2.05) is 49.4 Å². The smallest absolute Gasteiger partial charge is 0.264 e. The molecule has 0 aromatic heterocycles. The highest BCUT2D eigenvalue weighted by Gasteiger charge is 2.30. The first-order chi connectivity index (χ1) is 17.3. The van der Waals surface area contributed by atoms with E-state index in [4.69, 9.17) is 9.47 Å². The molecule has 0 atom stereocenters. The predicted molar refractivity (Wildman–Crippen MR) is 141 cm³/mol. The van der Waals surface area contributed by atoms with Gasteiger partial charge in [-0.3, -0.25) is 9.10 Å². The second-order valence-electron chi connectivity index (χ2n) is 8.28. The third-order valence-corrected chi connectivity index (χ3v) is 7.68. The van der Waals surface area contributed by atoms with Crippen LogP contribution in [0, 0.1) is 6.92 Å². The maximum Gasteiger partial charge on any atom is 0.264 e. The lowest BCUT2D eigenvalue weighted by Gasteiger charge is -2.26. The first-order valence-electron chi connectivity index (χ1n) is 11.4. The summed E-state index contributed by atoms with van der Waals surface area (Å²) in [5.41, 5.74) is 2.07. The average molecular weight is 505 g/mol. The number of sulfonamides is 1. The zero-order valence-corrected chi connectivity index (χ0v) is 21.2. The van der Waals surface area contributed by atoms with Crippen molar-refractivity contribution in [2.45, 2.75) is 18.4 Å². The van der Waals surface area contributed by atoms with Crippen LogP contribution in [0.5, 0.6) is 11.5 Å². The van der Waals surface area contributed by atoms with E-state index < -0.39 is 22.5 Å². The lowest BCUT2D eigenvalue weighted by Crippen LogP contribution is -2.41. The van der Waals surface area contributed by atoms with Gasteiger partial charge in [0.25, 0.3) is 10.0 Å². The normalized spacial score (nSPS) is 11.2. The van der Waals surface area contributed by atoms with Crippen LogP contribution in [0.3, 0.4) is 0 Å². The van der Waals surface area contributed by atoms with Crippen molar-refractivity contribution in [2.24, 2.45) is 0 Å². The Balaban J connectivity index is 1.67. The van der Waals surface area contributed by atoms with Gasteiger partial charge < -0.3 is 14.8 Å². The highest BCUT2D eigenvalue weighted by atomic mass is 32.2. The molecule has 0 heterocycles. The van der Waals surface area contributed by atoms with Crippen molar-refractivity contribution >= 4 is 32.4 Å². The monoisotopic (exact) mass is 504 g/mol. The molecule has 186 valence electrons. The van der Waals surface area contributed by atoms with Crippen molar-refractivity contribution in [3.63, 3.8) is 0 Å². The Bertz CT molecular complexity index is 1480. The van der Waals surface area contributed by atoms with Gasteiger partial charge in [-0.2, -0.15) is 0 Å². The molecule has 1 N–H and O–H groups in total. The predicted octanol–water partition coefficient (Wildman–Crippen LogP) is 4.68. The Morgan fingerprint density at radius 2 is 1.61 bits per heavy atom. The molecule has 0 saturated heterocycles. The van der Waals surface area contributed by atoms with Crippen LogP contribution in [-0.2, 0) is 21.4 Å². The summed E-state index contributed by atoms with van der Waals surface area (Å²) >= 11 is 0. The topological polar surface area (TPSA) is 84.9 Å². The number of anilines is 1. The quantitative estimate of drug-likeness (QED) is 0.358. The highest BCUT2D eigenvalue weighted by molar-refractivity contribution is 7.92. The van der Waals surface area contributed by atoms with Crippen LogP contribution in [0.2, 0.25) is 0 Å². The summed E-state index contributed by atoms with van der Waals surface area (Å²) in [6.07, 6.45) is 0. The third-order valence-electron chi connectivity index (χ3n) is 5.91. The van der Waals surface area contributed by atoms with Gasteiger partial charge in [-0.1, -0.05) is 60.2 Å². The number of nitrogens with one attached hydrogen (secondary N) is 1. The minimum Gasteiger partial charge on any atom is -0.497 e. The van der Waals surface area contributed by atoms with Crippen molar-refractivity contribution in [2.75, 3.05) is 25.1 Å². The molecule has 0 unspecified atom stereocenters. The average Bonchev–Trinajstić information content (AvgIpc) is 2.90. The van der Waals surface area contributed by atoms with Gasteiger partial charge in [-0.15, -0.1) is 0 Å². The fraction of sp³-hybridized carbons (Fsp3) is 0.179. The summed E-state index contributed by atoms with van der Waals surface area (Å²) in [5.74, 6) is 0.280. The number of carbonyl (C=O) groups excluding carboxylic acids is 1. The molecule has 36 heavy (non-hydrogen) atoms. The van der Waals surface area contributed by atoms with Crippen LogP contribution in [0.1, 0.15) is 11.1 Å². The summed E-state index contributed by atoms with van der Waals surface area (Å²) in [6, 6.07) is 25.1. The summed E-state index contributed by atoms with van der Waals surface area (Å²) in [5, 5.41) is 4.96. The second-order valence-corrected chi connectivity index (χ2v) is 10.1. The van der Waals surface area contributed by atoms with Crippen LogP contribution in [-0.4, -0.2) is 35.1 Å². The van der Waals surface area contributed by atoms with Gasteiger partial charge in [0.15, 0.2) is 0 Å². The largest absolute Gasteiger partial charge is 0.497 e. The maximum atomic E-state index is 13.7. The number of amides is 1. The van der Waals surface area contributed by atoms with Crippen LogP contribution < -0.4 is 19.1 Å². The van der Waals surface area contributed by atoms with E-state index in [1.165, 1.54) is 26.4 Å². The Morgan fingerprint density at radius 3 is 2.33 bits per heavy atom. The molecule has 0 spiro atoms.